The van der Waals surface area contributed by atoms with Crippen molar-refractivity contribution in [1.82, 2.24) is 5.32 Å². The zero-order valence-corrected chi connectivity index (χ0v) is 10.2. The highest BCUT2D eigenvalue weighted by Gasteiger charge is 2.23. The minimum Gasteiger partial charge on any atom is -0.444 e. The number of carbonyl (C=O) groups is 2. The van der Waals surface area contributed by atoms with Crippen LogP contribution in [0.1, 0.15) is 47.5 Å². The van der Waals surface area contributed by atoms with E-state index in [1.54, 1.807) is 0 Å². The molecule has 0 radical (unpaired) electrons. The molecule has 0 aliphatic heterocycles. The largest absolute Gasteiger partial charge is 0.444 e. The number of aldehydes is 1. The Kier molecular flexibility index (Phi) is 4.78. The lowest BCUT2D eigenvalue weighted by molar-refractivity contribution is -0.108. The van der Waals surface area contributed by atoms with Crippen LogP contribution in [0.4, 0.5) is 4.79 Å². The van der Waals surface area contributed by atoms with E-state index < -0.39 is 17.2 Å². The maximum atomic E-state index is 11.4. The van der Waals surface area contributed by atoms with Gasteiger partial charge in [0.05, 0.1) is 0 Å². The van der Waals surface area contributed by atoms with Crippen LogP contribution in [0.25, 0.3) is 0 Å². The monoisotopic (exact) mass is 215 g/mol. The second-order valence-corrected chi connectivity index (χ2v) is 5.22. The third kappa shape index (κ3) is 7.97. The first kappa shape index (κ1) is 13.9. The highest BCUT2D eigenvalue weighted by atomic mass is 16.6. The van der Waals surface area contributed by atoms with Crippen molar-refractivity contribution in [2.24, 2.45) is 0 Å². The van der Waals surface area contributed by atoms with Crippen LogP contribution in [-0.2, 0) is 9.53 Å². The highest BCUT2D eigenvalue weighted by Crippen LogP contribution is 2.12. The zero-order valence-electron chi connectivity index (χ0n) is 10.2. The Bertz CT molecular complexity index is 228. The van der Waals surface area contributed by atoms with Gasteiger partial charge in [0.25, 0.3) is 0 Å². The molecular weight excluding hydrogens is 194 g/mol. The minimum absolute atomic E-state index is 0.413. The van der Waals surface area contributed by atoms with Crippen LogP contribution in [0, 0.1) is 0 Å². The van der Waals surface area contributed by atoms with Gasteiger partial charge < -0.3 is 14.8 Å². The van der Waals surface area contributed by atoms with Gasteiger partial charge >= 0.3 is 6.09 Å². The van der Waals surface area contributed by atoms with Crippen molar-refractivity contribution in [2.45, 2.75) is 58.6 Å². The van der Waals surface area contributed by atoms with Gasteiger partial charge in [0, 0.05) is 12.0 Å². The van der Waals surface area contributed by atoms with Gasteiger partial charge in [0.15, 0.2) is 0 Å². The summed E-state index contributed by atoms with van der Waals surface area (Å²) >= 11 is 0. The van der Waals surface area contributed by atoms with E-state index in [0.29, 0.717) is 12.8 Å². The second kappa shape index (κ2) is 5.14. The summed E-state index contributed by atoms with van der Waals surface area (Å²) in [7, 11) is 0. The molecule has 88 valence electrons. The quantitative estimate of drug-likeness (QED) is 0.732. The molecule has 0 saturated heterocycles. The normalized spacial score (nSPS) is 12.1. The van der Waals surface area contributed by atoms with E-state index >= 15 is 0 Å². The fourth-order valence-electron chi connectivity index (χ4n) is 1.06. The number of alkyl carbamates (subject to hydrolysis) is 1. The van der Waals surface area contributed by atoms with Crippen LogP contribution in [-0.4, -0.2) is 23.5 Å². The molecule has 4 nitrogen and oxygen atoms in total. The van der Waals surface area contributed by atoms with Gasteiger partial charge in [-0.15, -0.1) is 0 Å². The molecule has 0 fully saturated rings. The average molecular weight is 215 g/mol. The molecule has 0 aromatic heterocycles. The maximum Gasteiger partial charge on any atom is 0.408 e. The number of hydrogen-bond acceptors (Lipinski definition) is 3. The van der Waals surface area contributed by atoms with E-state index in [-0.39, 0.29) is 0 Å². The zero-order chi connectivity index (χ0) is 12.1. The summed E-state index contributed by atoms with van der Waals surface area (Å²) in [5.41, 5.74) is -0.909. The minimum atomic E-state index is -0.495. The van der Waals surface area contributed by atoms with Crippen molar-refractivity contribution in [2.75, 3.05) is 0 Å². The topological polar surface area (TPSA) is 55.4 Å². The van der Waals surface area contributed by atoms with Crippen LogP contribution in [0.15, 0.2) is 0 Å². The average Bonchev–Trinajstić information content (AvgIpc) is 1.95. The summed E-state index contributed by atoms with van der Waals surface area (Å²) in [6.45, 7) is 9.15. The molecule has 15 heavy (non-hydrogen) atoms. The Labute approximate surface area is 91.4 Å². The predicted molar refractivity (Wildman–Crippen MR) is 58.7 cm³/mol. The standard InChI is InChI=1S/C11H21NO3/c1-10(2,3)15-9(14)12-11(4,5)7-6-8-13/h8H,6-7H2,1-5H3,(H,12,14). The van der Waals surface area contributed by atoms with Gasteiger partial charge in [-0.25, -0.2) is 4.79 Å². The molecule has 0 atom stereocenters. The van der Waals surface area contributed by atoms with E-state index in [9.17, 15) is 9.59 Å². The van der Waals surface area contributed by atoms with Crippen molar-refractivity contribution in [3.8, 4) is 0 Å². The SMILES string of the molecule is CC(C)(CCC=O)NC(=O)OC(C)(C)C. The summed E-state index contributed by atoms with van der Waals surface area (Å²) in [4.78, 5) is 21.6. The molecule has 4 heteroatoms. The fraction of sp³-hybridized carbons (Fsp3) is 0.818. The molecular formula is C11H21NO3. The van der Waals surface area contributed by atoms with Crippen LogP contribution in [0.5, 0.6) is 0 Å². The van der Waals surface area contributed by atoms with Crippen molar-refractivity contribution in [3.05, 3.63) is 0 Å². The maximum absolute atomic E-state index is 11.4. The Balaban J connectivity index is 4.09. The Hall–Kier alpha value is -1.06. The molecule has 0 rings (SSSR count). The van der Waals surface area contributed by atoms with Crippen LogP contribution in [0.2, 0.25) is 0 Å². The van der Waals surface area contributed by atoms with Gasteiger partial charge in [-0.3, -0.25) is 0 Å². The lowest BCUT2D eigenvalue weighted by Gasteiger charge is -2.28. The van der Waals surface area contributed by atoms with Crippen molar-refractivity contribution < 1.29 is 14.3 Å². The second-order valence-electron chi connectivity index (χ2n) is 5.22. The molecule has 0 aliphatic rings. The van der Waals surface area contributed by atoms with Crippen molar-refractivity contribution in [1.29, 1.82) is 0 Å². The molecule has 0 spiro atoms. The van der Waals surface area contributed by atoms with E-state index in [1.807, 2.05) is 34.6 Å². The predicted octanol–water partition coefficient (Wildman–Crippen LogP) is 2.27. The fourth-order valence-corrected chi connectivity index (χ4v) is 1.06. The molecule has 0 aromatic carbocycles. The van der Waals surface area contributed by atoms with Gasteiger partial charge in [-0.05, 0) is 41.0 Å². The van der Waals surface area contributed by atoms with E-state index in [0.717, 1.165) is 6.29 Å². The molecule has 1 N–H and O–H groups in total. The Morgan fingerprint density at radius 1 is 1.27 bits per heavy atom. The van der Waals surface area contributed by atoms with Gasteiger partial charge in [-0.1, -0.05) is 0 Å². The van der Waals surface area contributed by atoms with Crippen molar-refractivity contribution in [3.63, 3.8) is 0 Å². The first-order chi connectivity index (χ1) is 6.66. The van der Waals surface area contributed by atoms with E-state index in [1.165, 1.54) is 0 Å². The number of ether oxygens (including phenoxy) is 1. The van der Waals surface area contributed by atoms with Gasteiger partial charge in [-0.2, -0.15) is 0 Å². The molecule has 0 heterocycles. The third-order valence-electron chi connectivity index (χ3n) is 1.73. The molecule has 0 bridgehead atoms. The molecule has 1 amide bonds. The number of nitrogens with one attached hydrogen (secondary N) is 1. The smallest absolute Gasteiger partial charge is 0.408 e. The van der Waals surface area contributed by atoms with Gasteiger partial charge in [0.2, 0.25) is 0 Å². The Morgan fingerprint density at radius 2 is 1.80 bits per heavy atom. The number of rotatable bonds is 4. The van der Waals surface area contributed by atoms with Crippen LogP contribution < -0.4 is 5.32 Å². The molecule has 0 unspecified atom stereocenters. The summed E-state index contributed by atoms with van der Waals surface area (Å²) in [5, 5.41) is 2.73. The lowest BCUT2D eigenvalue weighted by atomic mass is 9.99. The first-order valence-corrected chi connectivity index (χ1v) is 5.11. The van der Waals surface area contributed by atoms with Crippen LogP contribution >= 0.6 is 0 Å². The Morgan fingerprint density at radius 3 is 2.20 bits per heavy atom. The third-order valence-corrected chi connectivity index (χ3v) is 1.73. The number of amides is 1. The van der Waals surface area contributed by atoms with E-state index in [2.05, 4.69) is 5.32 Å². The lowest BCUT2D eigenvalue weighted by Crippen LogP contribution is -2.45. The molecule has 0 aromatic rings. The molecule has 0 aliphatic carbocycles. The van der Waals surface area contributed by atoms with E-state index in [4.69, 9.17) is 4.74 Å². The van der Waals surface area contributed by atoms with Gasteiger partial charge in [0.1, 0.15) is 11.9 Å². The summed E-state index contributed by atoms with van der Waals surface area (Å²) in [6.07, 6.45) is 1.44. The number of hydrogen-bond donors (Lipinski definition) is 1. The van der Waals surface area contributed by atoms with Crippen molar-refractivity contribution >= 4 is 12.4 Å². The molecule has 0 saturated carbocycles. The van der Waals surface area contributed by atoms with Crippen LogP contribution in [0.3, 0.4) is 0 Å². The highest BCUT2D eigenvalue weighted by molar-refractivity contribution is 5.68. The first-order valence-electron chi connectivity index (χ1n) is 5.11. The summed E-state index contributed by atoms with van der Waals surface area (Å²) < 4.78 is 5.12. The summed E-state index contributed by atoms with van der Waals surface area (Å²) in [5.74, 6) is 0. The summed E-state index contributed by atoms with van der Waals surface area (Å²) in [6, 6.07) is 0. The number of carbonyl (C=O) groups excluding carboxylic acids is 2.